The van der Waals surface area contributed by atoms with Gasteiger partial charge in [-0.15, -0.1) is 0 Å². The number of nitrogens with one attached hydrogen (secondary N) is 1. The molecule has 2 N–H and O–H groups in total. The summed E-state index contributed by atoms with van der Waals surface area (Å²) < 4.78 is 10.7. The predicted molar refractivity (Wildman–Crippen MR) is 74.4 cm³/mol. The van der Waals surface area contributed by atoms with E-state index in [0.717, 1.165) is 12.8 Å². The Morgan fingerprint density at radius 1 is 1.45 bits per heavy atom. The predicted octanol–water partition coefficient (Wildman–Crippen LogP) is 1.10. The van der Waals surface area contributed by atoms with E-state index in [0.29, 0.717) is 11.3 Å². The molecule has 1 saturated carbocycles. The molecule has 1 unspecified atom stereocenters. The van der Waals surface area contributed by atoms with Crippen LogP contribution in [0.5, 0.6) is 5.75 Å². The molecule has 0 bridgehead atoms. The number of para-hydroxylation sites is 1. The van der Waals surface area contributed by atoms with E-state index in [1.54, 1.807) is 19.2 Å². The van der Waals surface area contributed by atoms with E-state index in [9.17, 15) is 9.90 Å². The fourth-order valence-corrected chi connectivity index (χ4v) is 2.45. The van der Waals surface area contributed by atoms with E-state index in [4.69, 9.17) is 9.47 Å². The Labute approximate surface area is 118 Å². The van der Waals surface area contributed by atoms with Crippen LogP contribution in [0.1, 0.15) is 18.4 Å². The summed E-state index contributed by atoms with van der Waals surface area (Å²) in [6, 6.07) is 7.26. The summed E-state index contributed by atoms with van der Waals surface area (Å²) >= 11 is 0. The lowest BCUT2D eigenvalue weighted by molar-refractivity contribution is -0.151. The third kappa shape index (κ3) is 2.78. The maximum Gasteiger partial charge on any atom is 0.329 e. The van der Waals surface area contributed by atoms with Crippen LogP contribution in [-0.4, -0.2) is 37.4 Å². The number of hydrogen-bond acceptors (Lipinski definition) is 5. The van der Waals surface area contributed by atoms with Crippen molar-refractivity contribution in [2.24, 2.45) is 5.92 Å². The van der Waals surface area contributed by atoms with Gasteiger partial charge in [0, 0.05) is 5.56 Å². The second-order valence-corrected chi connectivity index (χ2v) is 5.04. The van der Waals surface area contributed by atoms with Crippen LogP contribution in [0.15, 0.2) is 24.3 Å². The van der Waals surface area contributed by atoms with Crippen molar-refractivity contribution in [3.63, 3.8) is 0 Å². The highest BCUT2D eigenvalue weighted by atomic mass is 16.5. The van der Waals surface area contributed by atoms with E-state index >= 15 is 0 Å². The molecule has 1 aliphatic carbocycles. The monoisotopic (exact) mass is 279 g/mol. The number of methoxy groups -OCH3 is 1. The van der Waals surface area contributed by atoms with Crippen LogP contribution in [0, 0.1) is 5.92 Å². The molecule has 1 atom stereocenters. The summed E-state index contributed by atoms with van der Waals surface area (Å²) in [6.45, 7) is 0.0994. The van der Waals surface area contributed by atoms with Gasteiger partial charge < -0.3 is 19.9 Å². The molecule has 0 saturated heterocycles. The average molecular weight is 279 g/mol. The van der Waals surface area contributed by atoms with Gasteiger partial charge >= 0.3 is 5.97 Å². The third-order valence-electron chi connectivity index (χ3n) is 3.87. The number of aliphatic hydroxyl groups is 1. The molecule has 1 aromatic carbocycles. The molecular weight excluding hydrogens is 258 g/mol. The van der Waals surface area contributed by atoms with Gasteiger partial charge in [-0.25, -0.2) is 4.79 Å². The van der Waals surface area contributed by atoms with Crippen LogP contribution in [0.25, 0.3) is 0 Å². The molecule has 0 spiro atoms. The van der Waals surface area contributed by atoms with Crippen LogP contribution in [0.4, 0.5) is 0 Å². The van der Waals surface area contributed by atoms with Gasteiger partial charge in [0.1, 0.15) is 12.4 Å². The van der Waals surface area contributed by atoms with Crippen molar-refractivity contribution in [2.45, 2.75) is 25.0 Å². The Morgan fingerprint density at radius 3 is 2.70 bits per heavy atom. The van der Waals surface area contributed by atoms with Gasteiger partial charge in [-0.1, -0.05) is 18.2 Å². The van der Waals surface area contributed by atoms with E-state index < -0.39 is 5.54 Å². The normalized spacial score (nSPS) is 17.4. The van der Waals surface area contributed by atoms with Crippen LogP contribution in [0.2, 0.25) is 0 Å². The first kappa shape index (κ1) is 14.8. The number of aliphatic hydroxyl groups excluding tert-OH is 1. The quantitative estimate of drug-likeness (QED) is 0.732. The molecule has 0 radical (unpaired) electrons. The summed E-state index contributed by atoms with van der Waals surface area (Å²) in [6.07, 6.45) is 1.97. The van der Waals surface area contributed by atoms with Gasteiger partial charge in [-0.05, 0) is 31.9 Å². The van der Waals surface area contributed by atoms with Crippen molar-refractivity contribution in [1.29, 1.82) is 0 Å². The second-order valence-electron chi connectivity index (χ2n) is 5.04. The number of likely N-dealkylation sites (N-methyl/N-ethyl adjacent to an activating group) is 1. The van der Waals surface area contributed by atoms with Crippen molar-refractivity contribution in [2.75, 3.05) is 20.8 Å². The highest BCUT2D eigenvalue weighted by Crippen LogP contribution is 2.40. The Balaban J connectivity index is 2.14. The molecular formula is C15H21NO4. The standard InChI is InChI=1S/C15H21NO4/c1-16-15(12-7-8-12,14(18)19-2)10-20-13-6-4-3-5-11(13)9-17/h3-6,12,16-17H,7-10H2,1-2H3. The van der Waals surface area contributed by atoms with Crippen LogP contribution >= 0.6 is 0 Å². The molecule has 20 heavy (non-hydrogen) atoms. The molecule has 2 rings (SSSR count). The fourth-order valence-electron chi connectivity index (χ4n) is 2.45. The van der Waals surface area contributed by atoms with Crippen molar-refractivity contribution in [1.82, 2.24) is 5.32 Å². The summed E-state index contributed by atoms with van der Waals surface area (Å²) in [5.74, 6) is 0.532. The Hall–Kier alpha value is -1.59. The molecule has 110 valence electrons. The summed E-state index contributed by atoms with van der Waals surface area (Å²) in [5.41, 5.74) is -0.102. The Bertz CT molecular complexity index is 473. The Morgan fingerprint density at radius 2 is 2.15 bits per heavy atom. The first-order chi connectivity index (χ1) is 9.67. The summed E-state index contributed by atoms with van der Waals surface area (Å²) in [5, 5.41) is 12.4. The van der Waals surface area contributed by atoms with Crippen LogP contribution in [0.3, 0.4) is 0 Å². The number of esters is 1. The minimum absolute atomic E-state index is 0.0929. The molecule has 1 aliphatic rings. The number of rotatable bonds is 7. The smallest absolute Gasteiger partial charge is 0.329 e. The molecule has 0 amide bonds. The highest BCUT2D eigenvalue weighted by molar-refractivity contribution is 5.82. The van der Waals surface area contributed by atoms with Gasteiger partial charge in [0.2, 0.25) is 0 Å². The first-order valence-corrected chi connectivity index (χ1v) is 6.77. The van der Waals surface area contributed by atoms with Crippen LogP contribution < -0.4 is 10.1 Å². The summed E-state index contributed by atoms with van der Waals surface area (Å²) in [7, 11) is 3.13. The SMILES string of the molecule is CNC(COc1ccccc1CO)(C(=O)OC)C1CC1. The minimum atomic E-state index is -0.808. The Kier molecular flexibility index (Phi) is 4.62. The third-order valence-corrected chi connectivity index (χ3v) is 3.87. The van der Waals surface area contributed by atoms with Gasteiger partial charge in [0.15, 0.2) is 5.54 Å². The molecule has 5 heteroatoms. The minimum Gasteiger partial charge on any atom is -0.491 e. The molecule has 0 aliphatic heterocycles. The zero-order valence-electron chi connectivity index (χ0n) is 11.9. The number of carbonyl (C=O) groups excluding carboxylic acids is 1. The van der Waals surface area contributed by atoms with Crippen molar-refractivity contribution < 1.29 is 19.4 Å². The molecule has 0 aromatic heterocycles. The summed E-state index contributed by atoms with van der Waals surface area (Å²) in [4.78, 5) is 12.1. The van der Waals surface area contributed by atoms with Gasteiger partial charge in [-0.2, -0.15) is 0 Å². The topological polar surface area (TPSA) is 67.8 Å². The van der Waals surface area contributed by atoms with E-state index in [2.05, 4.69) is 5.32 Å². The average Bonchev–Trinajstić information content (AvgIpc) is 3.33. The highest BCUT2D eigenvalue weighted by Gasteiger charge is 2.51. The van der Waals surface area contributed by atoms with Gasteiger partial charge in [0.05, 0.1) is 13.7 Å². The maximum atomic E-state index is 12.1. The van der Waals surface area contributed by atoms with Gasteiger partial charge in [-0.3, -0.25) is 0 Å². The lowest BCUT2D eigenvalue weighted by Gasteiger charge is -2.30. The molecule has 0 heterocycles. The number of benzene rings is 1. The van der Waals surface area contributed by atoms with E-state index in [-0.39, 0.29) is 25.1 Å². The molecule has 1 aromatic rings. The number of hydrogen-bond donors (Lipinski definition) is 2. The van der Waals surface area contributed by atoms with Crippen molar-refractivity contribution in [3.05, 3.63) is 29.8 Å². The maximum absolute atomic E-state index is 12.1. The molecule has 1 fully saturated rings. The largest absolute Gasteiger partial charge is 0.491 e. The first-order valence-electron chi connectivity index (χ1n) is 6.77. The molecule has 5 nitrogen and oxygen atoms in total. The van der Waals surface area contributed by atoms with E-state index in [1.807, 2.05) is 12.1 Å². The fraction of sp³-hybridized carbons (Fsp3) is 0.533. The second kappa shape index (κ2) is 6.24. The number of ether oxygens (including phenoxy) is 2. The lowest BCUT2D eigenvalue weighted by atomic mass is 9.94. The zero-order valence-corrected chi connectivity index (χ0v) is 11.9. The van der Waals surface area contributed by atoms with E-state index in [1.165, 1.54) is 7.11 Å². The number of carbonyl (C=O) groups is 1. The lowest BCUT2D eigenvalue weighted by Crippen LogP contribution is -2.57. The van der Waals surface area contributed by atoms with Crippen molar-refractivity contribution >= 4 is 5.97 Å². The van der Waals surface area contributed by atoms with Crippen LogP contribution in [-0.2, 0) is 16.1 Å². The zero-order chi connectivity index (χ0) is 14.6. The van der Waals surface area contributed by atoms with Gasteiger partial charge in [0.25, 0.3) is 0 Å². The van der Waals surface area contributed by atoms with Crippen molar-refractivity contribution in [3.8, 4) is 5.75 Å².